The summed E-state index contributed by atoms with van der Waals surface area (Å²) in [5, 5.41) is 14.8. The second-order valence-electron chi connectivity index (χ2n) is 7.79. The van der Waals surface area contributed by atoms with E-state index in [1.54, 1.807) is 26.8 Å². The molecule has 2 rings (SSSR count). The van der Waals surface area contributed by atoms with Crippen molar-refractivity contribution in [3.8, 4) is 0 Å². The molecule has 0 aromatic carbocycles. The van der Waals surface area contributed by atoms with Crippen molar-refractivity contribution in [3.63, 3.8) is 0 Å². The van der Waals surface area contributed by atoms with Gasteiger partial charge in [-0.1, -0.05) is 0 Å². The molecule has 25 heavy (non-hydrogen) atoms. The zero-order valence-electron chi connectivity index (χ0n) is 15.5. The first kappa shape index (κ1) is 19.2. The molecule has 1 saturated carbocycles. The van der Waals surface area contributed by atoms with Gasteiger partial charge in [0, 0.05) is 12.3 Å². The fraction of sp³-hybridized carbons (Fsp3) is 0.611. The molecular weight excluding hydrogens is 322 g/mol. The van der Waals surface area contributed by atoms with Crippen LogP contribution in [0.15, 0.2) is 12.1 Å². The minimum atomic E-state index is -1.09. The highest BCUT2D eigenvalue weighted by atomic mass is 16.6. The summed E-state index contributed by atoms with van der Waals surface area (Å²) in [5.41, 5.74) is 0.0386. The molecule has 2 amide bonds. The molecule has 1 aromatic rings. The van der Waals surface area contributed by atoms with E-state index in [1.165, 1.54) is 0 Å². The number of rotatable bonds is 4. The van der Waals surface area contributed by atoms with Crippen LogP contribution in [0.25, 0.3) is 0 Å². The number of aliphatic hydroxyl groups is 1. The van der Waals surface area contributed by atoms with E-state index in [1.807, 2.05) is 19.9 Å². The van der Waals surface area contributed by atoms with Crippen molar-refractivity contribution in [2.24, 2.45) is 5.92 Å². The van der Waals surface area contributed by atoms with Crippen molar-refractivity contribution in [1.29, 1.82) is 0 Å². The highest BCUT2D eigenvalue weighted by Gasteiger charge is 2.51. The maximum atomic E-state index is 12.8. The van der Waals surface area contributed by atoms with E-state index in [2.05, 4.69) is 15.6 Å². The van der Waals surface area contributed by atoms with Crippen LogP contribution in [-0.2, 0) is 9.53 Å². The van der Waals surface area contributed by atoms with E-state index in [9.17, 15) is 14.7 Å². The fourth-order valence-corrected chi connectivity index (χ4v) is 3.04. The molecular formula is C18H27N3O4. The standard InChI is InChI=1S/C18H27N3O4/c1-11-6-12(2)19-14(7-11)20-15(23)18(8-13(9-18)10-22)21-16(24)25-17(3,4)5/h6-7,13,22H,8-10H2,1-5H3,(H,21,24)(H,19,20,23). The molecule has 0 atom stereocenters. The average Bonchev–Trinajstić information content (AvgIpc) is 2.38. The summed E-state index contributed by atoms with van der Waals surface area (Å²) in [7, 11) is 0. The molecule has 1 aromatic heterocycles. The van der Waals surface area contributed by atoms with Crippen LogP contribution in [0.4, 0.5) is 10.6 Å². The van der Waals surface area contributed by atoms with Gasteiger partial charge in [-0.15, -0.1) is 0 Å². The summed E-state index contributed by atoms with van der Waals surface area (Å²) < 4.78 is 5.27. The first-order chi connectivity index (χ1) is 11.5. The summed E-state index contributed by atoms with van der Waals surface area (Å²) >= 11 is 0. The number of aryl methyl sites for hydroxylation is 2. The number of nitrogens with one attached hydrogen (secondary N) is 2. The Balaban J connectivity index is 2.13. The molecule has 1 aliphatic carbocycles. The lowest BCUT2D eigenvalue weighted by atomic mass is 9.68. The highest BCUT2D eigenvalue weighted by Crippen LogP contribution is 2.38. The summed E-state index contributed by atoms with van der Waals surface area (Å²) in [6, 6.07) is 3.68. The Morgan fingerprint density at radius 1 is 1.32 bits per heavy atom. The topological polar surface area (TPSA) is 101 Å². The molecule has 0 aliphatic heterocycles. The highest BCUT2D eigenvalue weighted by molar-refractivity contribution is 6.00. The number of hydrogen-bond donors (Lipinski definition) is 3. The smallest absolute Gasteiger partial charge is 0.408 e. The zero-order chi connectivity index (χ0) is 18.8. The van der Waals surface area contributed by atoms with E-state index in [-0.39, 0.29) is 18.4 Å². The Bertz CT molecular complexity index is 641. The number of ether oxygens (including phenoxy) is 1. The molecule has 1 fully saturated rings. The third-order valence-electron chi connectivity index (χ3n) is 4.05. The van der Waals surface area contributed by atoms with Gasteiger partial charge in [-0.3, -0.25) is 4.79 Å². The first-order valence-electron chi connectivity index (χ1n) is 8.42. The Morgan fingerprint density at radius 2 is 1.96 bits per heavy atom. The number of hydrogen-bond acceptors (Lipinski definition) is 5. The van der Waals surface area contributed by atoms with Crippen LogP contribution >= 0.6 is 0 Å². The fourth-order valence-electron chi connectivity index (χ4n) is 3.04. The third kappa shape index (κ3) is 4.92. The van der Waals surface area contributed by atoms with Gasteiger partial charge >= 0.3 is 6.09 Å². The summed E-state index contributed by atoms with van der Waals surface area (Å²) in [6.07, 6.45) is 0.0751. The van der Waals surface area contributed by atoms with Gasteiger partial charge in [0.1, 0.15) is 17.0 Å². The van der Waals surface area contributed by atoms with Crippen LogP contribution in [0.3, 0.4) is 0 Å². The Kier molecular flexibility index (Phi) is 5.37. The van der Waals surface area contributed by atoms with Gasteiger partial charge in [-0.2, -0.15) is 0 Å². The Hall–Kier alpha value is -2.15. The van der Waals surface area contributed by atoms with Crippen molar-refractivity contribution >= 4 is 17.8 Å². The maximum absolute atomic E-state index is 12.8. The molecule has 3 N–H and O–H groups in total. The monoisotopic (exact) mass is 349 g/mol. The normalized spacial score (nSPS) is 22.7. The van der Waals surface area contributed by atoms with E-state index in [0.29, 0.717) is 18.7 Å². The molecule has 0 unspecified atom stereocenters. The van der Waals surface area contributed by atoms with Crippen molar-refractivity contribution in [2.45, 2.75) is 58.6 Å². The lowest BCUT2D eigenvalue weighted by molar-refractivity contribution is -0.128. The van der Waals surface area contributed by atoms with Crippen molar-refractivity contribution in [2.75, 3.05) is 11.9 Å². The summed E-state index contributed by atoms with van der Waals surface area (Å²) in [5.74, 6) is 0.0776. The lowest BCUT2D eigenvalue weighted by Gasteiger charge is -2.45. The predicted octanol–water partition coefficient (Wildman–Crippen LogP) is 2.30. The minimum absolute atomic E-state index is 0.0205. The Morgan fingerprint density at radius 3 is 2.48 bits per heavy atom. The average molecular weight is 349 g/mol. The number of amides is 2. The minimum Gasteiger partial charge on any atom is -0.444 e. The van der Waals surface area contributed by atoms with Crippen LogP contribution in [0.2, 0.25) is 0 Å². The van der Waals surface area contributed by atoms with E-state index < -0.39 is 17.2 Å². The third-order valence-corrected chi connectivity index (χ3v) is 4.05. The maximum Gasteiger partial charge on any atom is 0.408 e. The number of pyridine rings is 1. The predicted molar refractivity (Wildman–Crippen MR) is 94.3 cm³/mol. The van der Waals surface area contributed by atoms with Gasteiger partial charge in [0.05, 0.1) is 0 Å². The molecule has 7 heteroatoms. The molecule has 0 saturated heterocycles. The molecule has 0 radical (unpaired) electrons. The molecule has 0 spiro atoms. The number of alkyl carbamates (subject to hydrolysis) is 1. The van der Waals surface area contributed by atoms with Gasteiger partial charge in [0.25, 0.3) is 5.91 Å². The van der Waals surface area contributed by atoms with Crippen molar-refractivity contribution in [3.05, 3.63) is 23.4 Å². The number of nitrogens with zero attached hydrogens (tertiary/aromatic N) is 1. The number of anilines is 1. The number of carbonyl (C=O) groups is 2. The van der Waals surface area contributed by atoms with Crippen LogP contribution in [0.1, 0.15) is 44.9 Å². The lowest BCUT2D eigenvalue weighted by Crippen LogP contribution is -2.65. The number of aliphatic hydroxyl groups excluding tert-OH is 1. The van der Waals surface area contributed by atoms with Gasteiger partial charge in [0.2, 0.25) is 0 Å². The van der Waals surface area contributed by atoms with Gasteiger partial charge in [-0.25, -0.2) is 9.78 Å². The van der Waals surface area contributed by atoms with E-state index in [4.69, 9.17) is 4.74 Å². The largest absolute Gasteiger partial charge is 0.444 e. The number of aromatic nitrogens is 1. The van der Waals surface area contributed by atoms with Crippen LogP contribution < -0.4 is 10.6 Å². The van der Waals surface area contributed by atoms with E-state index in [0.717, 1.165) is 11.3 Å². The first-order valence-corrected chi connectivity index (χ1v) is 8.42. The summed E-state index contributed by atoms with van der Waals surface area (Å²) in [4.78, 5) is 29.2. The van der Waals surface area contributed by atoms with E-state index >= 15 is 0 Å². The SMILES string of the molecule is Cc1cc(C)nc(NC(=O)C2(NC(=O)OC(C)(C)C)CC(CO)C2)c1. The molecule has 1 aliphatic rings. The second-order valence-corrected chi connectivity index (χ2v) is 7.79. The molecule has 7 nitrogen and oxygen atoms in total. The number of carbonyl (C=O) groups excluding carboxylic acids is 2. The quantitative estimate of drug-likeness (QED) is 0.774. The molecule has 0 bridgehead atoms. The molecule has 1 heterocycles. The summed E-state index contributed by atoms with van der Waals surface area (Å²) in [6.45, 7) is 9.03. The Labute approximate surface area is 148 Å². The van der Waals surface area contributed by atoms with Gasteiger partial charge in [-0.05, 0) is 71.1 Å². The van der Waals surface area contributed by atoms with Gasteiger partial charge < -0.3 is 20.5 Å². The van der Waals surface area contributed by atoms with Crippen molar-refractivity contribution in [1.82, 2.24) is 10.3 Å². The van der Waals surface area contributed by atoms with Crippen LogP contribution in [0, 0.1) is 19.8 Å². The van der Waals surface area contributed by atoms with Crippen molar-refractivity contribution < 1.29 is 19.4 Å². The molecule has 138 valence electrons. The van der Waals surface area contributed by atoms with Crippen LogP contribution in [-0.4, -0.2) is 39.8 Å². The second kappa shape index (κ2) is 7.00. The zero-order valence-corrected chi connectivity index (χ0v) is 15.5. The van der Waals surface area contributed by atoms with Crippen LogP contribution in [0.5, 0.6) is 0 Å². The van der Waals surface area contributed by atoms with Gasteiger partial charge in [0.15, 0.2) is 0 Å².